The van der Waals surface area contributed by atoms with Crippen LogP contribution in [-0.4, -0.2) is 36.5 Å². The quantitative estimate of drug-likeness (QED) is 0.380. The van der Waals surface area contributed by atoms with E-state index in [4.69, 9.17) is 14.8 Å². The average Bonchev–Trinajstić information content (AvgIpc) is 3.54. The molecule has 0 saturated carbocycles. The Morgan fingerprint density at radius 1 is 1.06 bits per heavy atom. The highest BCUT2D eigenvalue weighted by molar-refractivity contribution is 5.86. The lowest BCUT2D eigenvalue weighted by Crippen LogP contribution is -2.35. The van der Waals surface area contributed by atoms with Gasteiger partial charge in [0.25, 0.3) is 0 Å². The van der Waals surface area contributed by atoms with E-state index >= 15 is 0 Å². The zero-order chi connectivity index (χ0) is 24.7. The van der Waals surface area contributed by atoms with Crippen molar-refractivity contribution in [2.45, 2.75) is 31.9 Å². The molecule has 180 valence electrons. The second kappa shape index (κ2) is 8.77. The SMILES string of the molecule is COc1cc(/C=C/c2nc3n(n2)CCCC3(O)c2cccc3ccccc23)ccc1-n1cnc(C)c1. The van der Waals surface area contributed by atoms with Gasteiger partial charge in [-0.05, 0) is 59.9 Å². The van der Waals surface area contributed by atoms with E-state index in [1.54, 1.807) is 13.4 Å². The molecule has 0 spiro atoms. The number of fused-ring (bicyclic) bond motifs is 2. The lowest BCUT2D eigenvalue weighted by Gasteiger charge is -2.32. The van der Waals surface area contributed by atoms with Crippen molar-refractivity contribution in [3.05, 3.63) is 102 Å². The van der Waals surface area contributed by atoms with Crippen LogP contribution >= 0.6 is 0 Å². The van der Waals surface area contributed by atoms with Crippen LogP contribution in [0.2, 0.25) is 0 Å². The molecule has 0 bridgehead atoms. The number of aryl methyl sites for hydroxylation is 2. The summed E-state index contributed by atoms with van der Waals surface area (Å²) in [5.74, 6) is 1.91. The molecule has 36 heavy (non-hydrogen) atoms. The number of imidazole rings is 1. The van der Waals surface area contributed by atoms with Gasteiger partial charge in [-0.3, -0.25) is 0 Å². The van der Waals surface area contributed by atoms with Gasteiger partial charge < -0.3 is 14.4 Å². The summed E-state index contributed by atoms with van der Waals surface area (Å²) in [7, 11) is 1.66. The summed E-state index contributed by atoms with van der Waals surface area (Å²) in [6.07, 6.45) is 9.01. The van der Waals surface area contributed by atoms with E-state index in [-0.39, 0.29) is 0 Å². The Hall–Kier alpha value is -4.23. The van der Waals surface area contributed by atoms with Crippen molar-refractivity contribution in [1.82, 2.24) is 24.3 Å². The molecule has 2 aromatic heterocycles. The zero-order valence-corrected chi connectivity index (χ0v) is 20.3. The molecule has 1 unspecified atom stereocenters. The summed E-state index contributed by atoms with van der Waals surface area (Å²) in [5, 5.41) is 18.8. The maximum Gasteiger partial charge on any atom is 0.174 e. The standard InChI is InChI=1S/C29H27N5O2/c1-20-18-33(19-30-20)25-13-11-21(17-26(25)36-2)12-14-27-31-28-29(35,15-6-16-34(28)32-27)24-10-5-8-22-7-3-4-9-23(22)24/h3-5,7-14,17-19,35H,6,15-16H2,1-2H3/b14-12+. The molecular weight excluding hydrogens is 450 g/mol. The van der Waals surface area contributed by atoms with Gasteiger partial charge in [-0.2, -0.15) is 5.10 Å². The van der Waals surface area contributed by atoms with E-state index in [1.165, 1.54) is 0 Å². The molecule has 5 aromatic rings. The van der Waals surface area contributed by atoms with E-state index in [1.807, 2.05) is 77.0 Å². The third kappa shape index (κ3) is 3.78. The maximum atomic E-state index is 11.9. The fourth-order valence-corrected chi connectivity index (χ4v) is 5.06. The van der Waals surface area contributed by atoms with Gasteiger partial charge in [-0.15, -0.1) is 0 Å². The maximum absolute atomic E-state index is 11.9. The van der Waals surface area contributed by atoms with Crippen LogP contribution in [0.5, 0.6) is 5.75 Å². The molecule has 1 aliphatic heterocycles. The van der Waals surface area contributed by atoms with Gasteiger partial charge in [-0.1, -0.05) is 54.6 Å². The minimum absolute atomic E-state index is 0.568. The molecule has 0 radical (unpaired) electrons. The first-order valence-corrected chi connectivity index (χ1v) is 12.1. The Balaban J connectivity index is 1.33. The van der Waals surface area contributed by atoms with Crippen molar-refractivity contribution in [3.8, 4) is 11.4 Å². The molecule has 3 aromatic carbocycles. The van der Waals surface area contributed by atoms with Gasteiger partial charge in [-0.25, -0.2) is 14.6 Å². The summed E-state index contributed by atoms with van der Waals surface area (Å²) in [6, 6.07) is 20.2. The van der Waals surface area contributed by atoms with Gasteiger partial charge in [0, 0.05) is 12.7 Å². The van der Waals surface area contributed by atoms with Gasteiger partial charge >= 0.3 is 0 Å². The van der Waals surface area contributed by atoms with Crippen LogP contribution in [0.3, 0.4) is 0 Å². The molecule has 0 fully saturated rings. The molecule has 0 amide bonds. The highest BCUT2D eigenvalue weighted by Crippen LogP contribution is 2.40. The summed E-state index contributed by atoms with van der Waals surface area (Å²) in [4.78, 5) is 9.09. The van der Waals surface area contributed by atoms with Crippen molar-refractivity contribution in [2.24, 2.45) is 0 Å². The van der Waals surface area contributed by atoms with E-state index < -0.39 is 5.60 Å². The predicted molar refractivity (Wildman–Crippen MR) is 140 cm³/mol. The lowest BCUT2D eigenvalue weighted by atomic mass is 9.83. The van der Waals surface area contributed by atoms with E-state index in [9.17, 15) is 5.11 Å². The van der Waals surface area contributed by atoms with Crippen LogP contribution in [-0.2, 0) is 12.1 Å². The summed E-state index contributed by atoms with van der Waals surface area (Å²) < 4.78 is 9.42. The van der Waals surface area contributed by atoms with Crippen LogP contribution in [0.15, 0.2) is 73.2 Å². The smallest absolute Gasteiger partial charge is 0.174 e. The van der Waals surface area contributed by atoms with Crippen molar-refractivity contribution in [2.75, 3.05) is 7.11 Å². The number of benzene rings is 3. The Labute approximate surface area is 209 Å². The molecule has 7 nitrogen and oxygen atoms in total. The molecule has 1 atom stereocenters. The summed E-state index contributed by atoms with van der Waals surface area (Å²) in [5.41, 5.74) is 2.51. The van der Waals surface area contributed by atoms with Gasteiger partial charge in [0.1, 0.15) is 11.4 Å². The molecule has 7 heteroatoms. The Kier molecular flexibility index (Phi) is 5.42. The first-order valence-electron chi connectivity index (χ1n) is 12.1. The number of hydrogen-bond donors (Lipinski definition) is 1. The van der Waals surface area contributed by atoms with Crippen LogP contribution in [0.25, 0.3) is 28.6 Å². The van der Waals surface area contributed by atoms with E-state index in [0.29, 0.717) is 18.1 Å². The van der Waals surface area contributed by atoms with Gasteiger partial charge in [0.05, 0.1) is 24.8 Å². The number of hydrogen-bond acceptors (Lipinski definition) is 5. The molecule has 6 rings (SSSR count). The largest absolute Gasteiger partial charge is 0.495 e. The summed E-state index contributed by atoms with van der Waals surface area (Å²) in [6.45, 7) is 2.69. The molecule has 1 aliphatic rings. The minimum Gasteiger partial charge on any atom is -0.495 e. The van der Waals surface area contributed by atoms with Crippen LogP contribution < -0.4 is 4.74 Å². The monoisotopic (exact) mass is 477 g/mol. The van der Waals surface area contributed by atoms with Crippen molar-refractivity contribution < 1.29 is 9.84 Å². The topological polar surface area (TPSA) is 78.0 Å². The van der Waals surface area contributed by atoms with E-state index in [2.05, 4.69) is 23.2 Å². The fraction of sp³-hybridized carbons (Fsp3) is 0.207. The predicted octanol–water partition coefficient (Wildman–Crippen LogP) is 5.13. The van der Waals surface area contributed by atoms with Gasteiger partial charge in [0.2, 0.25) is 0 Å². The first kappa shape index (κ1) is 22.2. The third-order valence-electron chi connectivity index (χ3n) is 6.82. The molecule has 0 aliphatic carbocycles. The Bertz CT molecular complexity index is 1590. The third-order valence-corrected chi connectivity index (χ3v) is 6.82. The molecule has 0 saturated heterocycles. The number of aliphatic hydroxyl groups is 1. The molecular formula is C29H27N5O2. The number of rotatable bonds is 5. The van der Waals surface area contributed by atoms with Crippen molar-refractivity contribution in [3.63, 3.8) is 0 Å². The highest BCUT2D eigenvalue weighted by Gasteiger charge is 2.40. The fourth-order valence-electron chi connectivity index (χ4n) is 5.06. The zero-order valence-electron chi connectivity index (χ0n) is 20.3. The average molecular weight is 478 g/mol. The van der Waals surface area contributed by atoms with Crippen LogP contribution in [0, 0.1) is 6.92 Å². The van der Waals surface area contributed by atoms with Crippen molar-refractivity contribution >= 4 is 22.9 Å². The minimum atomic E-state index is -1.19. The highest BCUT2D eigenvalue weighted by atomic mass is 16.5. The number of nitrogens with zero attached hydrogens (tertiary/aromatic N) is 5. The van der Waals surface area contributed by atoms with E-state index in [0.717, 1.165) is 52.0 Å². The second-order valence-corrected chi connectivity index (χ2v) is 9.19. The number of ether oxygens (including phenoxy) is 1. The normalized spacial score (nSPS) is 17.5. The molecule has 1 N–H and O–H groups in total. The van der Waals surface area contributed by atoms with Gasteiger partial charge in [0.15, 0.2) is 11.6 Å². The number of aromatic nitrogens is 5. The Morgan fingerprint density at radius 3 is 2.75 bits per heavy atom. The molecule has 3 heterocycles. The lowest BCUT2D eigenvalue weighted by molar-refractivity contribution is 0.0409. The summed E-state index contributed by atoms with van der Waals surface area (Å²) >= 11 is 0. The first-order chi connectivity index (χ1) is 17.5. The second-order valence-electron chi connectivity index (χ2n) is 9.19. The van der Waals surface area contributed by atoms with Crippen LogP contribution in [0.1, 0.15) is 41.3 Å². The van der Waals surface area contributed by atoms with Crippen LogP contribution in [0.4, 0.5) is 0 Å². The Morgan fingerprint density at radius 2 is 1.92 bits per heavy atom. The van der Waals surface area contributed by atoms with Crippen molar-refractivity contribution in [1.29, 1.82) is 0 Å². The number of methoxy groups -OCH3 is 1.